The van der Waals surface area contributed by atoms with Crippen LogP contribution in [0.25, 0.3) is 32.8 Å². The Hall–Kier alpha value is -3.81. The van der Waals surface area contributed by atoms with E-state index in [4.69, 9.17) is 15.2 Å². The zero-order valence-corrected chi connectivity index (χ0v) is 20.4. The molecular weight excluding hydrogens is 460 g/mol. The van der Waals surface area contributed by atoms with Crippen LogP contribution in [-0.4, -0.2) is 34.2 Å². The molecule has 0 amide bonds. The fourth-order valence-electron chi connectivity index (χ4n) is 4.68. The number of hydrogen-bond donors (Lipinski definition) is 2. The largest absolute Gasteiger partial charge is 0.497 e. The Labute approximate surface area is 204 Å². The van der Waals surface area contributed by atoms with Crippen LogP contribution in [0.2, 0.25) is 0 Å². The summed E-state index contributed by atoms with van der Waals surface area (Å²) in [7, 11) is -0.833. The Morgan fingerprint density at radius 1 is 0.829 bits per heavy atom. The highest BCUT2D eigenvalue weighted by atomic mass is 32.2. The van der Waals surface area contributed by atoms with Gasteiger partial charge >= 0.3 is 0 Å². The van der Waals surface area contributed by atoms with E-state index in [1.807, 2.05) is 54.6 Å². The molecule has 0 atom stereocenters. The first kappa shape index (κ1) is 23.0. The second-order valence-corrected chi connectivity index (χ2v) is 10.1. The number of methoxy groups -OCH3 is 2. The smallest absolute Gasteiger partial charge is 0.207 e. The molecule has 1 aromatic heterocycles. The Kier molecular flexibility index (Phi) is 5.96. The lowest BCUT2D eigenvalue weighted by molar-refractivity contribution is 0.397. The normalized spacial score (nSPS) is 11.7. The molecule has 0 aliphatic heterocycles. The van der Waals surface area contributed by atoms with Gasteiger partial charge in [0.1, 0.15) is 5.75 Å². The molecule has 7 heteroatoms. The van der Waals surface area contributed by atoms with Crippen LogP contribution in [0.5, 0.6) is 11.6 Å². The van der Waals surface area contributed by atoms with Crippen molar-refractivity contribution < 1.29 is 17.9 Å². The van der Waals surface area contributed by atoms with Crippen LogP contribution in [-0.2, 0) is 16.3 Å². The first-order chi connectivity index (χ1) is 17.0. The molecule has 178 valence electrons. The minimum Gasteiger partial charge on any atom is -0.497 e. The third-order valence-corrected chi connectivity index (χ3v) is 8.15. The maximum atomic E-state index is 14.3. The molecule has 3 N–H and O–H groups in total. The second kappa shape index (κ2) is 9.09. The van der Waals surface area contributed by atoms with Gasteiger partial charge in [-0.2, -0.15) is 0 Å². The summed E-state index contributed by atoms with van der Waals surface area (Å²) in [6.07, 6.45) is 0.466. The van der Waals surface area contributed by atoms with E-state index in [0.29, 0.717) is 41.1 Å². The molecule has 0 spiro atoms. The van der Waals surface area contributed by atoms with Crippen LogP contribution in [0.15, 0.2) is 88.7 Å². The van der Waals surface area contributed by atoms with E-state index in [2.05, 4.69) is 4.98 Å². The molecule has 0 fully saturated rings. The summed E-state index contributed by atoms with van der Waals surface area (Å²) < 4.78 is 39.4. The highest BCUT2D eigenvalue weighted by Crippen LogP contribution is 2.43. The van der Waals surface area contributed by atoms with Crippen LogP contribution in [0, 0.1) is 0 Å². The van der Waals surface area contributed by atoms with Crippen LogP contribution in [0.4, 0.5) is 0 Å². The van der Waals surface area contributed by atoms with Crippen LogP contribution < -0.4 is 15.2 Å². The predicted molar refractivity (Wildman–Crippen MR) is 139 cm³/mol. The van der Waals surface area contributed by atoms with Crippen molar-refractivity contribution in [3.05, 3.63) is 84.4 Å². The van der Waals surface area contributed by atoms with Gasteiger partial charge in [0, 0.05) is 22.0 Å². The molecule has 5 rings (SSSR count). The van der Waals surface area contributed by atoms with Crippen LogP contribution in [0.1, 0.15) is 5.56 Å². The number of ether oxygens (including phenoxy) is 2. The molecule has 0 aliphatic rings. The average molecular weight is 487 g/mol. The summed E-state index contributed by atoms with van der Waals surface area (Å²) in [5.74, 6) is 1.11. The van der Waals surface area contributed by atoms with Gasteiger partial charge in [-0.1, -0.05) is 48.5 Å². The van der Waals surface area contributed by atoms with Gasteiger partial charge in [0.05, 0.1) is 24.0 Å². The van der Waals surface area contributed by atoms with Gasteiger partial charge in [-0.3, -0.25) is 0 Å². The maximum absolute atomic E-state index is 14.3. The van der Waals surface area contributed by atoms with Gasteiger partial charge in [-0.25, -0.2) is 8.42 Å². The molecule has 35 heavy (non-hydrogen) atoms. The van der Waals surface area contributed by atoms with Crippen molar-refractivity contribution in [2.75, 3.05) is 20.8 Å². The minimum atomic E-state index is -3.95. The lowest BCUT2D eigenvalue weighted by Gasteiger charge is -2.16. The molecule has 1 heterocycles. The van der Waals surface area contributed by atoms with Crippen molar-refractivity contribution in [2.24, 2.45) is 5.73 Å². The fraction of sp³-hybridized carbons (Fsp3) is 0.143. The van der Waals surface area contributed by atoms with Gasteiger partial charge in [0.2, 0.25) is 9.84 Å². The van der Waals surface area contributed by atoms with Crippen LogP contribution >= 0.6 is 0 Å². The molecular formula is C28H26N2O4S. The highest BCUT2D eigenvalue weighted by molar-refractivity contribution is 7.91. The number of benzene rings is 4. The molecule has 4 aromatic carbocycles. The lowest BCUT2D eigenvalue weighted by atomic mass is 9.96. The van der Waals surface area contributed by atoms with E-state index in [0.717, 1.165) is 21.9 Å². The van der Waals surface area contributed by atoms with Crippen molar-refractivity contribution >= 4 is 31.5 Å². The van der Waals surface area contributed by atoms with E-state index >= 15 is 0 Å². The quantitative estimate of drug-likeness (QED) is 0.324. The average Bonchev–Trinajstić information content (AvgIpc) is 3.25. The molecule has 0 bridgehead atoms. The number of nitrogens with one attached hydrogen (secondary N) is 1. The summed E-state index contributed by atoms with van der Waals surface area (Å²) >= 11 is 0. The topological polar surface area (TPSA) is 94.4 Å². The Bertz CT molecular complexity index is 1630. The number of fused-ring (bicyclic) bond motifs is 2. The van der Waals surface area contributed by atoms with Crippen molar-refractivity contribution in [3.8, 4) is 22.8 Å². The number of nitrogens with two attached hydrogens (primary N) is 1. The number of sulfone groups is 1. The minimum absolute atomic E-state index is 0.186. The number of aromatic amines is 1. The fourth-order valence-corrected chi connectivity index (χ4v) is 6.38. The predicted octanol–water partition coefficient (Wildman–Crippen LogP) is 5.34. The maximum Gasteiger partial charge on any atom is 0.207 e. The molecule has 0 radical (unpaired) electrons. The van der Waals surface area contributed by atoms with Crippen molar-refractivity contribution in [1.29, 1.82) is 0 Å². The molecule has 0 saturated carbocycles. The van der Waals surface area contributed by atoms with E-state index in [-0.39, 0.29) is 9.79 Å². The zero-order chi connectivity index (χ0) is 24.6. The van der Waals surface area contributed by atoms with Gasteiger partial charge in [-0.05, 0) is 59.6 Å². The van der Waals surface area contributed by atoms with Crippen molar-refractivity contribution in [2.45, 2.75) is 16.2 Å². The van der Waals surface area contributed by atoms with Gasteiger partial charge in [0.15, 0.2) is 5.88 Å². The number of rotatable bonds is 7. The van der Waals surface area contributed by atoms with E-state index in [1.165, 1.54) is 0 Å². The lowest BCUT2D eigenvalue weighted by Crippen LogP contribution is -2.08. The molecule has 0 unspecified atom stereocenters. The highest BCUT2D eigenvalue weighted by Gasteiger charge is 2.29. The van der Waals surface area contributed by atoms with Crippen molar-refractivity contribution in [3.63, 3.8) is 0 Å². The SMILES string of the molecule is COc1ccc(S(=O)(=O)c2c(-c3cccc4ccccc34)ccc3[nH]c(OC)c(CCN)c23)cc1. The van der Waals surface area contributed by atoms with Crippen LogP contribution in [0.3, 0.4) is 0 Å². The zero-order valence-electron chi connectivity index (χ0n) is 19.5. The standard InChI is InChI=1S/C28H26N2O4S/c1-33-19-10-12-20(13-11-19)35(31,32)27-23(22-9-5-7-18-6-3-4-8-21(18)22)14-15-25-26(27)24(16-17-29)28(30-25)34-2/h3-15,30H,16-17,29H2,1-2H3. The molecule has 5 aromatic rings. The van der Waals surface area contributed by atoms with E-state index in [9.17, 15) is 8.42 Å². The Morgan fingerprint density at radius 3 is 2.29 bits per heavy atom. The number of H-pyrrole nitrogens is 1. The summed E-state index contributed by atoms with van der Waals surface area (Å²) in [5, 5.41) is 2.61. The third kappa shape index (κ3) is 3.83. The first-order valence-corrected chi connectivity index (χ1v) is 12.8. The summed E-state index contributed by atoms with van der Waals surface area (Å²) in [6, 6.07) is 24.1. The van der Waals surface area contributed by atoms with E-state index in [1.54, 1.807) is 38.5 Å². The summed E-state index contributed by atoms with van der Waals surface area (Å²) in [4.78, 5) is 3.66. The number of aromatic nitrogens is 1. The molecule has 0 aliphatic carbocycles. The monoisotopic (exact) mass is 486 g/mol. The summed E-state index contributed by atoms with van der Waals surface area (Å²) in [5.41, 5.74) is 8.83. The molecule has 0 saturated heterocycles. The van der Waals surface area contributed by atoms with Gasteiger partial charge in [-0.15, -0.1) is 0 Å². The van der Waals surface area contributed by atoms with Gasteiger partial charge in [0.25, 0.3) is 0 Å². The molecule has 6 nitrogen and oxygen atoms in total. The second-order valence-electron chi connectivity index (χ2n) is 8.25. The number of hydrogen-bond acceptors (Lipinski definition) is 5. The van der Waals surface area contributed by atoms with E-state index < -0.39 is 9.84 Å². The van der Waals surface area contributed by atoms with Gasteiger partial charge < -0.3 is 20.2 Å². The third-order valence-electron chi connectivity index (χ3n) is 6.30. The Balaban J connectivity index is 1.91. The summed E-state index contributed by atoms with van der Waals surface area (Å²) in [6.45, 7) is 0.351. The Morgan fingerprint density at radius 2 is 1.57 bits per heavy atom. The van der Waals surface area contributed by atoms with Crippen molar-refractivity contribution in [1.82, 2.24) is 4.98 Å². The first-order valence-electron chi connectivity index (χ1n) is 11.3.